The lowest BCUT2D eigenvalue weighted by molar-refractivity contribution is 0.126. The molecule has 17 heavy (non-hydrogen) atoms. The van der Waals surface area contributed by atoms with Crippen molar-refractivity contribution in [3.63, 3.8) is 0 Å². The van der Waals surface area contributed by atoms with Gasteiger partial charge in [0.15, 0.2) is 0 Å². The summed E-state index contributed by atoms with van der Waals surface area (Å²) in [7, 11) is 4.08. The van der Waals surface area contributed by atoms with Crippen molar-refractivity contribution in [2.45, 2.75) is 6.92 Å². The number of nitrogens with one attached hydrogen (secondary N) is 1. The molecule has 0 saturated heterocycles. The number of pyridine rings is 1. The van der Waals surface area contributed by atoms with Crippen molar-refractivity contribution < 1.29 is 4.74 Å². The number of halogens is 1. The summed E-state index contributed by atoms with van der Waals surface area (Å²) in [4.78, 5) is 6.37. The average molecular weight is 302 g/mol. The molecule has 0 aromatic carbocycles. The first-order chi connectivity index (χ1) is 8.09. The van der Waals surface area contributed by atoms with E-state index < -0.39 is 0 Å². The predicted octanol–water partition coefficient (Wildman–Crippen LogP) is 2.14. The molecule has 0 aliphatic carbocycles. The number of hydrogen-bond donors (Lipinski definition) is 1. The number of aromatic nitrogens is 1. The Hall–Kier alpha value is -0.650. The SMILES string of the molecule is Cc1cc(NCCOCCN(C)C)ncc1Br. The van der Waals surface area contributed by atoms with Crippen LogP contribution in [0.25, 0.3) is 0 Å². The smallest absolute Gasteiger partial charge is 0.126 e. The van der Waals surface area contributed by atoms with Crippen molar-refractivity contribution in [1.82, 2.24) is 9.88 Å². The molecule has 0 saturated carbocycles. The standard InChI is InChI=1S/C12H20BrN3O/c1-10-8-12(15-9-11(10)13)14-4-6-17-7-5-16(2)3/h8-9H,4-7H2,1-3H3,(H,14,15). The van der Waals surface area contributed by atoms with Gasteiger partial charge < -0.3 is 15.0 Å². The van der Waals surface area contributed by atoms with Crippen LogP contribution in [0.4, 0.5) is 5.82 Å². The number of rotatable bonds is 7. The Bertz CT molecular complexity index is 345. The van der Waals surface area contributed by atoms with Crippen LogP contribution in [-0.2, 0) is 4.74 Å². The summed E-state index contributed by atoms with van der Waals surface area (Å²) >= 11 is 3.43. The van der Waals surface area contributed by atoms with E-state index in [1.54, 1.807) is 0 Å². The zero-order valence-electron chi connectivity index (χ0n) is 10.7. The summed E-state index contributed by atoms with van der Waals surface area (Å²) in [6, 6.07) is 2.02. The third-order valence-corrected chi connectivity index (χ3v) is 3.11. The van der Waals surface area contributed by atoms with Crippen LogP contribution in [-0.4, -0.2) is 50.3 Å². The first-order valence-corrected chi connectivity index (χ1v) is 6.47. The number of hydrogen-bond acceptors (Lipinski definition) is 4. The number of likely N-dealkylation sites (N-methyl/N-ethyl adjacent to an activating group) is 1. The topological polar surface area (TPSA) is 37.4 Å². The van der Waals surface area contributed by atoms with Crippen LogP contribution < -0.4 is 5.32 Å². The second-order valence-electron chi connectivity index (χ2n) is 4.16. The molecule has 4 nitrogen and oxygen atoms in total. The summed E-state index contributed by atoms with van der Waals surface area (Å²) in [5, 5.41) is 3.23. The molecule has 1 aromatic heterocycles. The van der Waals surface area contributed by atoms with E-state index in [9.17, 15) is 0 Å². The van der Waals surface area contributed by atoms with Crippen LogP contribution in [0.15, 0.2) is 16.7 Å². The summed E-state index contributed by atoms with van der Waals surface area (Å²) in [5.41, 5.74) is 1.18. The largest absolute Gasteiger partial charge is 0.378 e. The minimum Gasteiger partial charge on any atom is -0.378 e. The lowest BCUT2D eigenvalue weighted by Crippen LogP contribution is -2.20. The van der Waals surface area contributed by atoms with Gasteiger partial charge in [0.05, 0.1) is 13.2 Å². The minimum absolute atomic E-state index is 0.699. The zero-order valence-corrected chi connectivity index (χ0v) is 12.2. The van der Waals surface area contributed by atoms with Gasteiger partial charge in [-0.1, -0.05) is 0 Å². The summed E-state index contributed by atoms with van der Waals surface area (Å²) in [6.07, 6.45) is 1.81. The van der Waals surface area contributed by atoms with Crippen molar-refractivity contribution in [2.24, 2.45) is 0 Å². The Labute approximate surface area is 111 Å². The lowest BCUT2D eigenvalue weighted by Gasteiger charge is -2.10. The van der Waals surface area contributed by atoms with E-state index in [2.05, 4.69) is 31.1 Å². The van der Waals surface area contributed by atoms with Gasteiger partial charge in [-0.25, -0.2) is 4.98 Å². The van der Waals surface area contributed by atoms with Gasteiger partial charge in [-0.05, 0) is 48.6 Å². The second-order valence-corrected chi connectivity index (χ2v) is 5.02. The predicted molar refractivity (Wildman–Crippen MR) is 74.5 cm³/mol. The maximum absolute atomic E-state index is 5.48. The summed E-state index contributed by atoms with van der Waals surface area (Å²) < 4.78 is 6.51. The minimum atomic E-state index is 0.699. The molecule has 0 atom stereocenters. The van der Waals surface area contributed by atoms with Gasteiger partial charge in [0.2, 0.25) is 0 Å². The normalized spacial score (nSPS) is 10.9. The van der Waals surface area contributed by atoms with E-state index in [1.807, 2.05) is 33.3 Å². The maximum atomic E-state index is 5.48. The molecule has 0 amide bonds. The van der Waals surface area contributed by atoms with Gasteiger partial charge in [-0.3, -0.25) is 0 Å². The molecule has 1 rings (SSSR count). The van der Waals surface area contributed by atoms with Crippen molar-refractivity contribution in [1.29, 1.82) is 0 Å². The third-order valence-electron chi connectivity index (χ3n) is 2.28. The van der Waals surface area contributed by atoms with Crippen LogP contribution in [0.3, 0.4) is 0 Å². The molecule has 0 radical (unpaired) electrons. The molecule has 0 aliphatic heterocycles. The highest BCUT2D eigenvalue weighted by Crippen LogP contribution is 2.16. The van der Waals surface area contributed by atoms with Gasteiger partial charge in [-0.15, -0.1) is 0 Å². The molecule has 1 N–H and O–H groups in total. The fourth-order valence-electron chi connectivity index (χ4n) is 1.24. The van der Waals surface area contributed by atoms with Crippen molar-refractivity contribution in [2.75, 3.05) is 45.7 Å². The van der Waals surface area contributed by atoms with E-state index in [1.165, 1.54) is 5.56 Å². The summed E-state index contributed by atoms with van der Waals surface area (Å²) in [6.45, 7) is 5.24. The van der Waals surface area contributed by atoms with E-state index in [-0.39, 0.29) is 0 Å². The molecule has 0 unspecified atom stereocenters. The average Bonchev–Trinajstić information content (AvgIpc) is 2.27. The molecule has 0 bridgehead atoms. The Morgan fingerprint density at radius 3 is 2.82 bits per heavy atom. The molecule has 5 heteroatoms. The summed E-state index contributed by atoms with van der Waals surface area (Å²) in [5.74, 6) is 0.891. The molecule has 0 spiro atoms. The quantitative estimate of drug-likeness (QED) is 0.783. The monoisotopic (exact) mass is 301 g/mol. The van der Waals surface area contributed by atoms with Crippen LogP contribution in [0.5, 0.6) is 0 Å². The first kappa shape index (κ1) is 14.4. The Morgan fingerprint density at radius 1 is 1.41 bits per heavy atom. The molecule has 0 aliphatic rings. The van der Waals surface area contributed by atoms with Crippen LogP contribution in [0, 0.1) is 6.92 Å². The van der Waals surface area contributed by atoms with E-state index in [0.717, 1.165) is 30.0 Å². The van der Waals surface area contributed by atoms with E-state index >= 15 is 0 Å². The fraction of sp³-hybridized carbons (Fsp3) is 0.583. The van der Waals surface area contributed by atoms with Gasteiger partial charge in [-0.2, -0.15) is 0 Å². The number of nitrogens with zero attached hydrogens (tertiary/aromatic N) is 2. The number of anilines is 1. The van der Waals surface area contributed by atoms with Gasteiger partial charge in [0, 0.05) is 23.8 Å². The van der Waals surface area contributed by atoms with Gasteiger partial charge in [0.1, 0.15) is 5.82 Å². The molecule has 0 fully saturated rings. The third kappa shape index (κ3) is 6.00. The Balaban J connectivity index is 2.16. The molecule has 96 valence electrons. The highest BCUT2D eigenvalue weighted by atomic mass is 79.9. The first-order valence-electron chi connectivity index (χ1n) is 5.68. The second kappa shape index (κ2) is 7.63. The van der Waals surface area contributed by atoms with Crippen LogP contribution in [0.2, 0.25) is 0 Å². The Kier molecular flexibility index (Phi) is 6.47. The van der Waals surface area contributed by atoms with E-state index in [0.29, 0.717) is 6.61 Å². The van der Waals surface area contributed by atoms with E-state index in [4.69, 9.17) is 4.74 Å². The molecule has 1 aromatic rings. The highest BCUT2D eigenvalue weighted by Gasteiger charge is 1.98. The van der Waals surface area contributed by atoms with Crippen molar-refractivity contribution >= 4 is 21.7 Å². The van der Waals surface area contributed by atoms with Crippen LogP contribution >= 0.6 is 15.9 Å². The zero-order chi connectivity index (χ0) is 12.7. The molecular formula is C12H20BrN3O. The van der Waals surface area contributed by atoms with Gasteiger partial charge in [0.25, 0.3) is 0 Å². The fourth-order valence-corrected chi connectivity index (χ4v) is 1.45. The molecule has 1 heterocycles. The maximum Gasteiger partial charge on any atom is 0.126 e. The number of aryl methyl sites for hydroxylation is 1. The number of ether oxygens (including phenoxy) is 1. The van der Waals surface area contributed by atoms with Crippen molar-refractivity contribution in [3.8, 4) is 0 Å². The lowest BCUT2D eigenvalue weighted by atomic mass is 10.3. The van der Waals surface area contributed by atoms with Crippen LogP contribution in [0.1, 0.15) is 5.56 Å². The van der Waals surface area contributed by atoms with Crippen molar-refractivity contribution in [3.05, 3.63) is 22.3 Å². The highest BCUT2D eigenvalue weighted by molar-refractivity contribution is 9.10. The van der Waals surface area contributed by atoms with Gasteiger partial charge >= 0.3 is 0 Å². The molecular weight excluding hydrogens is 282 g/mol. The Morgan fingerprint density at radius 2 is 2.18 bits per heavy atom.